The van der Waals surface area contributed by atoms with Crippen molar-refractivity contribution < 1.29 is 4.42 Å². The summed E-state index contributed by atoms with van der Waals surface area (Å²) in [4.78, 5) is 0. The minimum absolute atomic E-state index is 0.0633. The number of aromatic nitrogens is 2. The molecule has 5 nitrogen and oxygen atoms in total. The molecule has 0 bridgehead atoms. The van der Waals surface area contributed by atoms with Crippen LogP contribution >= 0.6 is 0 Å². The molecule has 5 heteroatoms. The molecule has 1 unspecified atom stereocenters. The molecule has 0 spiro atoms. The molecule has 114 valence electrons. The molecule has 1 aromatic heterocycles. The quantitative estimate of drug-likeness (QED) is 0.806. The molecule has 0 amide bonds. The van der Waals surface area contributed by atoms with E-state index in [1.54, 1.807) is 0 Å². The first kappa shape index (κ1) is 15.5. The van der Waals surface area contributed by atoms with E-state index in [2.05, 4.69) is 47.7 Å². The van der Waals surface area contributed by atoms with Gasteiger partial charge in [0.2, 0.25) is 5.89 Å². The molecule has 1 heterocycles. The highest BCUT2D eigenvalue weighted by Crippen LogP contribution is 2.26. The molecular formula is C16H24N4O. The van der Waals surface area contributed by atoms with Crippen molar-refractivity contribution >= 4 is 11.7 Å². The Bertz CT molecular complexity index is 565. The second-order valence-electron chi connectivity index (χ2n) is 5.49. The predicted octanol–water partition coefficient (Wildman–Crippen LogP) is 4.00. The fraction of sp³-hybridized carbons (Fsp3) is 0.500. The third-order valence-electron chi connectivity index (χ3n) is 3.34. The topological polar surface area (TPSA) is 63.0 Å². The fourth-order valence-corrected chi connectivity index (χ4v) is 2.14. The Morgan fingerprint density at radius 3 is 2.62 bits per heavy atom. The van der Waals surface area contributed by atoms with Gasteiger partial charge < -0.3 is 15.1 Å². The first-order chi connectivity index (χ1) is 10.1. The normalized spacial score (nSPS) is 12.6. The summed E-state index contributed by atoms with van der Waals surface area (Å²) in [5.41, 5.74) is 2.24. The Morgan fingerprint density at radius 2 is 1.90 bits per heavy atom. The predicted molar refractivity (Wildman–Crippen MR) is 84.8 cm³/mol. The average molecular weight is 288 g/mol. The van der Waals surface area contributed by atoms with Gasteiger partial charge in [0.15, 0.2) is 0 Å². The van der Waals surface area contributed by atoms with Crippen molar-refractivity contribution in [1.82, 2.24) is 15.5 Å². The van der Waals surface area contributed by atoms with Gasteiger partial charge in [0.05, 0.1) is 6.04 Å². The van der Waals surface area contributed by atoms with Gasteiger partial charge in [-0.2, -0.15) is 0 Å². The van der Waals surface area contributed by atoms with Gasteiger partial charge in [-0.15, -0.1) is 5.10 Å². The van der Waals surface area contributed by atoms with E-state index in [0.29, 0.717) is 17.8 Å². The SMILES string of the molecule is CCCNC(C)c1nnc(Nc2ccccc2C(C)C)o1. The van der Waals surface area contributed by atoms with Gasteiger partial charge >= 0.3 is 6.01 Å². The number of nitrogens with one attached hydrogen (secondary N) is 2. The van der Waals surface area contributed by atoms with Gasteiger partial charge in [0.25, 0.3) is 0 Å². The number of hydrogen-bond acceptors (Lipinski definition) is 5. The zero-order valence-corrected chi connectivity index (χ0v) is 13.2. The Labute approximate surface area is 126 Å². The molecule has 0 aliphatic rings. The summed E-state index contributed by atoms with van der Waals surface area (Å²) in [7, 11) is 0. The summed E-state index contributed by atoms with van der Waals surface area (Å²) in [6.07, 6.45) is 1.07. The summed E-state index contributed by atoms with van der Waals surface area (Å²) >= 11 is 0. The minimum Gasteiger partial charge on any atom is -0.406 e. The standard InChI is InChI=1S/C16H24N4O/c1-5-10-17-12(4)15-19-20-16(21-15)18-14-9-7-6-8-13(14)11(2)3/h6-9,11-12,17H,5,10H2,1-4H3,(H,18,20). The molecule has 0 saturated heterocycles. The number of hydrogen-bond donors (Lipinski definition) is 2. The van der Waals surface area contributed by atoms with Crippen LogP contribution in [0.1, 0.15) is 57.5 Å². The smallest absolute Gasteiger partial charge is 0.320 e. The van der Waals surface area contributed by atoms with Gasteiger partial charge in [-0.25, -0.2) is 0 Å². The van der Waals surface area contributed by atoms with Crippen molar-refractivity contribution in [3.8, 4) is 0 Å². The van der Waals surface area contributed by atoms with Crippen LogP contribution in [0.3, 0.4) is 0 Å². The van der Waals surface area contributed by atoms with E-state index in [1.165, 1.54) is 5.56 Å². The van der Waals surface area contributed by atoms with Crippen molar-refractivity contribution in [3.63, 3.8) is 0 Å². The van der Waals surface area contributed by atoms with Crippen molar-refractivity contribution in [2.75, 3.05) is 11.9 Å². The van der Waals surface area contributed by atoms with Gasteiger partial charge in [-0.1, -0.05) is 44.1 Å². The lowest BCUT2D eigenvalue weighted by Gasteiger charge is -2.12. The zero-order chi connectivity index (χ0) is 15.2. The van der Waals surface area contributed by atoms with E-state index in [0.717, 1.165) is 18.7 Å². The maximum Gasteiger partial charge on any atom is 0.320 e. The van der Waals surface area contributed by atoms with Gasteiger partial charge in [-0.3, -0.25) is 0 Å². The molecule has 2 N–H and O–H groups in total. The maximum atomic E-state index is 5.69. The van der Waals surface area contributed by atoms with Crippen molar-refractivity contribution in [1.29, 1.82) is 0 Å². The summed E-state index contributed by atoms with van der Waals surface area (Å²) in [5, 5.41) is 14.7. The highest BCUT2D eigenvalue weighted by Gasteiger charge is 2.14. The number of anilines is 2. The van der Waals surface area contributed by atoms with Crippen LogP contribution in [0.4, 0.5) is 11.7 Å². The zero-order valence-electron chi connectivity index (χ0n) is 13.2. The lowest BCUT2D eigenvalue weighted by Crippen LogP contribution is -2.19. The van der Waals surface area contributed by atoms with Crippen LogP contribution in [0.2, 0.25) is 0 Å². The second kappa shape index (κ2) is 7.22. The molecule has 0 saturated carbocycles. The Hall–Kier alpha value is -1.88. The molecule has 21 heavy (non-hydrogen) atoms. The van der Waals surface area contributed by atoms with Gasteiger partial charge in [0.1, 0.15) is 0 Å². The van der Waals surface area contributed by atoms with Crippen molar-refractivity contribution in [2.45, 2.75) is 46.1 Å². The Kier molecular flexibility index (Phi) is 5.33. The monoisotopic (exact) mass is 288 g/mol. The summed E-state index contributed by atoms with van der Waals surface area (Å²) < 4.78 is 5.69. The number of para-hydroxylation sites is 1. The lowest BCUT2D eigenvalue weighted by molar-refractivity contribution is 0.424. The third kappa shape index (κ3) is 4.04. The van der Waals surface area contributed by atoms with E-state index in [4.69, 9.17) is 4.42 Å². The molecule has 1 aromatic carbocycles. The molecule has 0 aliphatic heterocycles. The first-order valence-corrected chi connectivity index (χ1v) is 7.54. The number of nitrogens with zero attached hydrogens (tertiary/aromatic N) is 2. The largest absolute Gasteiger partial charge is 0.406 e. The van der Waals surface area contributed by atoms with Crippen LogP contribution in [0.15, 0.2) is 28.7 Å². The van der Waals surface area contributed by atoms with Crippen LogP contribution in [-0.2, 0) is 0 Å². The highest BCUT2D eigenvalue weighted by molar-refractivity contribution is 5.58. The van der Waals surface area contributed by atoms with Gasteiger partial charge in [0, 0.05) is 5.69 Å². The maximum absolute atomic E-state index is 5.69. The summed E-state index contributed by atoms with van der Waals surface area (Å²) in [6.45, 7) is 9.41. The van der Waals surface area contributed by atoms with E-state index in [-0.39, 0.29) is 6.04 Å². The minimum atomic E-state index is 0.0633. The molecule has 0 fully saturated rings. The lowest BCUT2D eigenvalue weighted by atomic mass is 10.0. The Morgan fingerprint density at radius 1 is 1.14 bits per heavy atom. The second-order valence-corrected chi connectivity index (χ2v) is 5.49. The molecule has 2 rings (SSSR count). The van der Waals surface area contributed by atoms with E-state index in [9.17, 15) is 0 Å². The molecule has 1 atom stereocenters. The highest BCUT2D eigenvalue weighted by atomic mass is 16.4. The van der Waals surface area contributed by atoms with E-state index < -0.39 is 0 Å². The summed E-state index contributed by atoms with van der Waals surface area (Å²) in [5.74, 6) is 1.04. The van der Waals surface area contributed by atoms with Crippen molar-refractivity contribution in [3.05, 3.63) is 35.7 Å². The Balaban J connectivity index is 2.09. The van der Waals surface area contributed by atoms with Crippen LogP contribution in [-0.4, -0.2) is 16.7 Å². The summed E-state index contributed by atoms with van der Waals surface area (Å²) in [6, 6.07) is 8.66. The fourth-order valence-electron chi connectivity index (χ4n) is 2.14. The third-order valence-corrected chi connectivity index (χ3v) is 3.34. The first-order valence-electron chi connectivity index (χ1n) is 7.54. The average Bonchev–Trinajstić information content (AvgIpc) is 2.93. The van der Waals surface area contributed by atoms with Crippen molar-refractivity contribution in [2.24, 2.45) is 0 Å². The molecular weight excluding hydrogens is 264 g/mol. The van der Waals surface area contributed by atoms with Crippen LogP contribution in [0, 0.1) is 0 Å². The van der Waals surface area contributed by atoms with Crippen LogP contribution in [0.25, 0.3) is 0 Å². The molecule has 2 aromatic rings. The molecule has 0 aliphatic carbocycles. The number of benzene rings is 1. The van der Waals surface area contributed by atoms with E-state index >= 15 is 0 Å². The van der Waals surface area contributed by atoms with Crippen LogP contribution in [0.5, 0.6) is 0 Å². The molecule has 0 radical (unpaired) electrons. The van der Waals surface area contributed by atoms with Gasteiger partial charge in [-0.05, 0) is 37.4 Å². The van der Waals surface area contributed by atoms with E-state index in [1.807, 2.05) is 25.1 Å². The number of rotatable bonds is 7. The van der Waals surface area contributed by atoms with Crippen LogP contribution < -0.4 is 10.6 Å².